The monoisotopic (exact) mass is 368 g/mol. The number of aromatic nitrogens is 2. The molecule has 1 amide bonds. The molecule has 6 nitrogen and oxygen atoms in total. The molecule has 1 aromatic carbocycles. The highest BCUT2D eigenvalue weighted by Crippen LogP contribution is 2.22. The molecule has 2 aliphatic heterocycles. The number of nitrogens with zero attached hydrogens (tertiary/aromatic N) is 4. The van der Waals surface area contributed by atoms with Crippen LogP contribution in [0.15, 0.2) is 36.5 Å². The highest BCUT2D eigenvalue weighted by molar-refractivity contribution is 5.92. The average molecular weight is 368 g/mol. The lowest BCUT2D eigenvalue weighted by Crippen LogP contribution is -2.35. The molecule has 4 rings (SSSR count). The third kappa shape index (κ3) is 4.00. The van der Waals surface area contributed by atoms with Gasteiger partial charge in [-0.2, -0.15) is 5.10 Å². The fourth-order valence-corrected chi connectivity index (χ4v) is 4.23. The molecule has 2 aliphatic rings. The quantitative estimate of drug-likeness (QED) is 0.833. The van der Waals surface area contributed by atoms with Crippen molar-refractivity contribution in [1.82, 2.24) is 19.6 Å². The second-order valence-electron chi connectivity index (χ2n) is 7.46. The van der Waals surface area contributed by atoms with Gasteiger partial charge in [-0.05, 0) is 75.5 Å². The van der Waals surface area contributed by atoms with Gasteiger partial charge in [0, 0.05) is 25.3 Å². The summed E-state index contributed by atoms with van der Waals surface area (Å²) in [5.41, 5.74) is 1.44. The number of hydrogen-bond donors (Lipinski definition) is 0. The molecule has 0 saturated carbocycles. The van der Waals surface area contributed by atoms with Crippen molar-refractivity contribution in [3.05, 3.63) is 42.2 Å². The second-order valence-corrected chi connectivity index (χ2v) is 7.46. The summed E-state index contributed by atoms with van der Waals surface area (Å²) >= 11 is 0. The molecule has 0 aliphatic carbocycles. The smallest absolute Gasteiger partial charge is 0.274 e. The van der Waals surface area contributed by atoms with E-state index in [1.807, 2.05) is 41.4 Å². The van der Waals surface area contributed by atoms with Crippen molar-refractivity contribution in [3.8, 4) is 11.4 Å². The zero-order valence-corrected chi connectivity index (χ0v) is 16.0. The minimum Gasteiger partial charge on any atom is -0.497 e. The van der Waals surface area contributed by atoms with E-state index in [-0.39, 0.29) is 5.91 Å². The van der Waals surface area contributed by atoms with Gasteiger partial charge in [0.2, 0.25) is 0 Å². The SMILES string of the molecule is COc1ccc(-n2ccc(C(=O)N3CCCC(N4CCCC4)CC3)n2)cc1. The van der Waals surface area contributed by atoms with Gasteiger partial charge in [0.15, 0.2) is 5.69 Å². The van der Waals surface area contributed by atoms with Crippen LogP contribution in [0.5, 0.6) is 5.75 Å². The van der Waals surface area contributed by atoms with Gasteiger partial charge in [-0.3, -0.25) is 4.79 Å². The Balaban J connectivity index is 1.41. The van der Waals surface area contributed by atoms with E-state index in [4.69, 9.17) is 4.74 Å². The number of rotatable bonds is 4. The molecule has 144 valence electrons. The molecule has 1 atom stereocenters. The number of benzene rings is 1. The molecule has 0 bridgehead atoms. The Morgan fingerprint density at radius 3 is 2.52 bits per heavy atom. The summed E-state index contributed by atoms with van der Waals surface area (Å²) < 4.78 is 6.94. The van der Waals surface area contributed by atoms with Crippen molar-refractivity contribution < 1.29 is 9.53 Å². The van der Waals surface area contributed by atoms with Crippen molar-refractivity contribution in [3.63, 3.8) is 0 Å². The predicted octanol–water partition coefficient (Wildman–Crippen LogP) is 2.97. The number of likely N-dealkylation sites (tertiary alicyclic amines) is 2. The van der Waals surface area contributed by atoms with E-state index in [9.17, 15) is 4.79 Å². The van der Waals surface area contributed by atoms with Crippen LogP contribution in [-0.4, -0.2) is 64.8 Å². The standard InChI is InChI=1S/C21H28N4O2/c1-27-19-8-6-18(7-9-19)25-16-11-20(22-25)21(26)24-14-4-5-17(10-15-24)23-12-2-3-13-23/h6-9,11,16-17H,2-5,10,12-15H2,1H3. The molecule has 2 saturated heterocycles. The van der Waals surface area contributed by atoms with Crippen LogP contribution < -0.4 is 4.74 Å². The van der Waals surface area contributed by atoms with E-state index in [1.54, 1.807) is 11.8 Å². The maximum absolute atomic E-state index is 12.9. The number of methoxy groups -OCH3 is 1. The van der Waals surface area contributed by atoms with Crippen LogP contribution in [0.25, 0.3) is 5.69 Å². The summed E-state index contributed by atoms with van der Waals surface area (Å²) in [6.45, 7) is 4.11. The molecule has 6 heteroatoms. The van der Waals surface area contributed by atoms with Crippen molar-refractivity contribution in [2.24, 2.45) is 0 Å². The Kier molecular flexibility index (Phi) is 5.43. The van der Waals surface area contributed by atoms with Gasteiger partial charge in [0.25, 0.3) is 5.91 Å². The predicted molar refractivity (Wildman–Crippen MR) is 104 cm³/mol. The highest BCUT2D eigenvalue weighted by atomic mass is 16.5. The van der Waals surface area contributed by atoms with Crippen molar-refractivity contribution in [2.45, 2.75) is 38.1 Å². The van der Waals surface area contributed by atoms with Crippen molar-refractivity contribution >= 4 is 5.91 Å². The summed E-state index contributed by atoms with van der Waals surface area (Å²) in [5.74, 6) is 0.851. The van der Waals surface area contributed by atoms with Crippen LogP contribution in [0.2, 0.25) is 0 Å². The van der Waals surface area contributed by atoms with E-state index >= 15 is 0 Å². The number of carbonyl (C=O) groups excluding carboxylic acids is 1. The number of amides is 1. The van der Waals surface area contributed by atoms with Gasteiger partial charge in [-0.25, -0.2) is 4.68 Å². The van der Waals surface area contributed by atoms with Gasteiger partial charge in [0.05, 0.1) is 12.8 Å². The maximum atomic E-state index is 12.9. The minimum atomic E-state index is 0.0457. The van der Waals surface area contributed by atoms with Crippen LogP contribution in [0, 0.1) is 0 Å². The van der Waals surface area contributed by atoms with Crippen LogP contribution in [0.1, 0.15) is 42.6 Å². The van der Waals surface area contributed by atoms with Gasteiger partial charge in [-0.15, -0.1) is 0 Å². The molecule has 0 spiro atoms. The Morgan fingerprint density at radius 2 is 1.78 bits per heavy atom. The average Bonchev–Trinajstić information content (AvgIpc) is 3.36. The molecule has 27 heavy (non-hydrogen) atoms. The van der Waals surface area contributed by atoms with E-state index in [0.717, 1.165) is 37.4 Å². The van der Waals surface area contributed by atoms with Gasteiger partial charge in [0.1, 0.15) is 5.75 Å². The third-order valence-electron chi connectivity index (χ3n) is 5.79. The summed E-state index contributed by atoms with van der Waals surface area (Å²) in [6.07, 6.45) is 7.84. The lowest BCUT2D eigenvalue weighted by Gasteiger charge is -2.26. The molecule has 2 aromatic rings. The highest BCUT2D eigenvalue weighted by Gasteiger charge is 2.27. The number of carbonyl (C=O) groups is 1. The molecule has 1 unspecified atom stereocenters. The first-order chi connectivity index (χ1) is 13.2. The summed E-state index contributed by atoms with van der Waals surface area (Å²) in [5, 5.41) is 4.51. The fraction of sp³-hybridized carbons (Fsp3) is 0.524. The Bertz CT molecular complexity index is 765. The number of hydrogen-bond acceptors (Lipinski definition) is 4. The van der Waals surface area contributed by atoms with Gasteiger partial charge < -0.3 is 14.5 Å². The lowest BCUT2D eigenvalue weighted by atomic mass is 10.1. The zero-order valence-electron chi connectivity index (χ0n) is 16.0. The zero-order chi connectivity index (χ0) is 18.6. The van der Waals surface area contributed by atoms with E-state index in [2.05, 4.69) is 10.00 Å². The van der Waals surface area contributed by atoms with Crippen LogP contribution in [-0.2, 0) is 0 Å². The lowest BCUT2D eigenvalue weighted by molar-refractivity contribution is 0.0751. The van der Waals surface area contributed by atoms with E-state index < -0.39 is 0 Å². The van der Waals surface area contributed by atoms with Gasteiger partial charge in [-0.1, -0.05) is 0 Å². The van der Waals surface area contributed by atoms with Crippen molar-refractivity contribution in [1.29, 1.82) is 0 Å². The molecule has 0 radical (unpaired) electrons. The number of ether oxygens (including phenoxy) is 1. The van der Waals surface area contributed by atoms with Crippen LogP contribution in [0.4, 0.5) is 0 Å². The first-order valence-electron chi connectivity index (χ1n) is 9.98. The molecular formula is C21H28N4O2. The second kappa shape index (κ2) is 8.13. The fourth-order valence-electron chi connectivity index (χ4n) is 4.23. The Labute approximate surface area is 160 Å². The molecule has 2 fully saturated rings. The minimum absolute atomic E-state index is 0.0457. The summed E-state index contributed by atoms with van der Waals surface area (Å²) in [6, 6.07) is 10.1. The van der Waals surface area contributed by atoms with E-state index in [1.165, 1.54) is 32.4 Å². The first kappa shape index (κ1) is 18.0. The normalized spacial score (nSPS) is 21.2. The van der Waals surface area contributed by atoms with Gasteiger partial charge >= 0.3 is 0 Å². The Morgan fingerprint density at radius 1 is 1.00 bits per heavy atom. The Hall–Kier alpha value is -2.34. The molecule has 1 aromatic heterocycles. The summed E-state index contributed by atoms with van der Waals surface area (Å²) in [4.78, 5) is 17.5. The molecular weight excluding hydrogens is 340 g/mol. The van der Waals surface area contributed by atoms with Crippen LogP contribution in [0.3, 0.4) is 0 Å². The third-order valence-corrected chi connectivity index (χ3v) is 5.79. The van der Waals surface area contributed by atoms with Crippen LogP contribution >= 0.6 is 0 Å². The maximum Gasteiger partial charge on any atom is 0.274 e. The summed E-state index contributed by atoms with van der Waals surface area (Å²) in [7, 11) is 1.65. The van der Waals surface area contributed by atoms with Crippen molar-refractivity contribution in [2.75, 3.05) is 33.3 Å². The van der Waals surface area contributed by atoms with E-state index in [0.29, 0.717) is 11.7 Å². The molecule has 0 N–H and O–H groups in total. The largest absolute Gasteiger partial charge is 0.497 e. The molecule has 3 heterocycles. The topological polar surface area (TPSA) is 50.6 Å². The first-order valence-corrected chi connectivity index (χ1v) is 9.98.